The number of halogens is 3. The van der Waals surface area contributed by atoms with Crippen molar-refractivity contribution in [3.8, 4) is 11.5 Å². The minimum absolute atomic E-state index is 0.448. The normalized spacial score (nSPS) is 10.6. The van der Waals surface area contributed by atoms with Gasteiger partial charge in [-0.1, -0.05) is 69.0 Å². The molecule has 0 aromatic heterocycles. The summed E-state index contributed by atoms with van der Waals surface area (Å²) in [7, 11) is 1.63. The predicted molar refractivity (Wildman–Crippen MR) is 120 cm³/mol. The maximum atomic E-state index is 6.28. The van der Waals surface area contributed by atoms with Crippen molar-refractivity contribution in [1.29, 1.82) is 0 Å². The van der Waals surface area contributed by atoms with Gasteiger partial charge in [0.1, 0.15) is 6.61 Å². The lowest BCUT2D eigenvalue weighted by atomic mass is 10.1. The van der Waals surface area contributed by atoms with Gasteiger partial charge in [-0.15, -0.1) is 0 Å². The number of rotatable bonds is 7. The van der Waals surface area contributed by atoms with Crippen molar-refractivity contribution in [1.82, 2.24) is 0 Å². The van der Waals surface area contributed by atoms with Crippen LogP contribution in [-0.2, 0) is 13.2 Å². The molecular formula is C22H20BrCl2NO2. The van der Waals surface area contributed by atoms with Crippen LogP contribution < -0.4 is 14.8 Å². The van der Waals surface area contributed by atoms with E-state index in [9.17, 15) is 0 Å². The van der Waals surface area contributed by atoms with Crippen LogP contribution in [0.15, 0.2) is 59.1 Å². The molecule has 28 heavy (non-hydrogen) atoms. The molecule has 0 aliphatic rings. The molecule has 3 rings (SSSR count). The van der Waals surface area contributed by atoms with Crippen LogP contribution in [0.2, 0.25) is 10.0 Å². The van der Waals surface area contributed by atoms with Crippen molar-refractivity contribution in [2.75, 3.05) is 12.4 Å². The van der Waals surface area contributed by atoms with E-state index in [4.69, 9.17) is 32.7 Å². The molecule has 0 saturated heterocycles. The molecule has 0 spiro atoms. The van der Waals surface area contributed by atoms with Crippen LogP contribution >= 0.6 is 39.1 Å². The second-order valence-electron chi connectivity index (χ2n) is 6.31. The Balaban J connectivity index is 1.84. The molecule has 0 unspecified atom stereocenters. The molecule has 6 heteroatoms. The Morgan fingerprint density at radius 3 is 2.57 bits per heavy atom. The third-order valence-corrected chi connectivity index (χ3v) is 5.53. The van der Waals surface area contributed by atoms with Crippen LogP contribution in [0.4, 0.5) is 5.69 Å². The maximum absolute atomic E-state index is 6.28. The number of methoxy groups -OCH3 is 1. The first-order chi connectivity index (χ1) is 13.5. The van der Waals surface area contributed by atoms with Gasteiger partial charge in [0.15, 0.2) is 11.5 Å². The van der Waals surface area contributed by atoms with Crippen LogP contribution in [0.3, 0.4) is 0 Å². The summed E-state index contributed by atoms with van der Waals surface area (Å²) in [6.07, 6.45) is 0. The Morgan fingerprint density at radius 2 is 1.86 bits per heavy atom. The maximum Gasteiger partial charge on any atom is 0.167 e. The van der Waals surface area contributed by atoms with E-state index in [0.29, 0.717) is 34.7 Å². The zero-order chi connectivity index (χ0) is 20.1. The molecule has 3 aromatic rings. The summed E-state index contributed by atoms with van der Waals surface area (Å²) in [6, 6.07) is 17.4. The molecule has 3 aromatic carbocycles. The molecule has 0 amide bonds. The predicted octanol–water partition coefficient (Wildman–Crippen LogP) is 7.26. The summed E-state index contributed by atoms with van der Waals surface area (Å²) in [5.41, 5.74) is 4.03. The van der Waals surface area contributed by atoms with Gasteiger partial charge in [-0.05, 0) is 42.8 Å². The van der Waals surface area contributed by atoms with Gasteiger partial charge in [-0.3, -0.25) is 0 Å². The lowest BCUT2D eigenvalue weighted by Crippen LogP contribution is -2.06. The van der Waals surface area contributed by atoms with Crippen LogP contribution in [0.25, 0.3) is 0 Å². The van der Waals surface area contributed by atoms with E-state index in [2.05, 4.69) is 40.3 Å². The molecule has 0 aliphatic carbocycles. The van der Waals surface area contributed by atoms with Crippen molar-refractivity contribution >= 4 is 44.8 Å². The van der Waals surface area contributed by atoms with Crippen LogP contribution in [0, 0.1) is 6.92 Å². The van der Waals surface area contributed by atoms with E-state index in [1.54, 1.807) is 19.2 Å². The van der Waals surface area contributed by atoms with E-state index in [0.717, 1.165) is 21.3 Å². The highest BCUT2D eigenvalue weighted by molar-refractivity contribution is 9.10. The summed E-state index contributed by atoms with van der Waals surface area (Å²) in [6.45, 7) is 3.01. The largest absolute Gasteiger partial charge is 0.493 e. The number of ether oxygens (including phenoxy) is 2. The molecular weight excluding hydrogens is 461 g/mol. The summed E-state index contributed by atoms with van der Waals surface area (Å²) in [5.74, 6) is 1.37. The molecule has 0 heterocycles. The minimum Gasteiger partial charge on any atom is -0.493 e. The van der Waals surface area contributed by atoms with Gasteiger partial charge >= 0.3 is 0 Å². The average Bonchev–Trinajstić information content (AvgIpc) is 2.67. The fourth-order valence-electron chi connectivity index (χ4n) is 2.84. The monoisotopic (exact) mass is 479 g/mol. The highest BCUT2D eigenvalue weighted by atomic mass is 79.9. The Kier molecular flexibility index (Phi) is 7.11. The Bertz CT molecular complexity index is 979. The Morgan fingerprint density at radius 1 is 1.04 bits per heavy atom. The van der Waals surface area contributed by atoms with Crippen LogP contribution in [0.5, 0.6) is 11.5 Å². The van der Waals surface area contributed by atoms with Gasteiger partial charge in [0.25, 0.3) is 0 Å². The summed E-state index contributed by atoms with van der Waals surface area (Å²) in [5, 5.41) is 4.50. The van der Waals surface area contributed by atoms with Gasteiger partial charge in [-0.25, -0.2) is 0 Å². The van der Waals surface area contributed by atoms with E-state index in [1.165, 1.54) is 5.56 Å². The number of benzene rings is 3. The molecule has 146 valence electrons. The molecule has 0 saturated carbocycles. The van der Waals surface area contributed by atoms with Gasteiger partial charge in [0.05, 0.1) is 17.8 Å². The summed E-state index contributed by atoms with van der Waals surface area (Å²) < 4.78 is 12.6. The summed E-state index contributed by atoms with van der Waals surface area (Å²) in [4.78, 5) is 0. The molecule has 0 atom stereocenters. The number of anilines is 1. The van der Waals surface area contributed by atoms with Gasteiger partial charge in [0, 0.05) is 21.6 Å². The molecule has 0 aliphatic heterocycles. The van der Waals surface area contributed by atoms with E-state index >= 15 is 0 Å². The van der Waals surface area contributed by atoms with Crippen molar-refractivity contribution < 1.29 is 9.47 Å². The highest BCUT2D eigenvalue weighted by Crippen LogP contribution is 2.38. The average molecular weight is 481 g/mol. The van der Waals surface area contributed by atoms with Crippen molar-refractivity contribution in [2.24, 2.45) is 0 Å². The minimum atomic E-state index is 0.448. The van der Waals surface area contributed by atoms with Crippen molar-refractivity contribution in [3.05, 3.63) is 85.8 Å². The van der Waals surface area contributed by atoms with E-state index in [-0.39, 0.29) is 0 Å². The Labute approximate surface area is 183 Å². The lowest BCUT2D eigenvalue weighted by Gasteiger charge is -2.18. The third kappa shape index (κ3) is 5.13. The fraction of sp³-hybridized carbons (Fsp3) is 0.182. The van der Waals surface area contributed by atoms with Crippen molar-refractivity contribution in [3.63, 3.8) is 0 Å². The zero-order valence-electron chi connectivity index (χ0n) is 15.6. The standard InChI is InChI=1S/C22H20BrCl2NO2/c1-14-4-3-5-15(10-14)13-28-22-17(18(23)7-9-21(22)27-2)12-26-20-8-6-16(24)11-19(20)25/h3-11,26H,12-13H2,1-2H3. The highest BCUT2D eigenvalue weighted by Gasteiger charge is 2.15. The molecule has 1 N–H and O–H groups in total. The Hall–Kier alpha value is -1.88. The van der Waals surface area contributed by atoms with Gasteiger partial charge in [-0.2, -0.15) is 0 Å². The quantitative estimate of drug-likeness (QED) is 0.385. The lowest BCUT2D eigenvalue weighted by molar-refractivity contribution is 0.281. The van der Waals surface area contributed by atoms with Crippen molar-refractivity contribution in [2.45, 2.75) is 20.1 Å². The summed E-state index contributed by atoms with van der Waals surface area (Å²) >= 11 is 15.9. The van der Waals surface area contributed by atoms with Gasteiger partial charge < -0.3 is 14.8 Å². The third-order valence-electron chi connectivity index (χ3n) is 4.24. The molecule has 3 nitrogen and oxygen atoms in total. The topological polar surface area (TPSA) is 30.5 Å². The number of nitrogens with one attached hydrogen (secondary N) is 1. The van der Waals surface area contributed by atoms with E-state index < -0.39 is 0 Å². The molecule has 0 fully saturated rings. The van der Waals surface area contributed by atoms with Gasteiger partial charge in [0.2, 0.25) is 0 Å². The number of hydrogen-bond donors (Lipinski definition) is 1. The molecule has 0 bridgehead atoms. The first-order valence-electron chi connectivity index (χ1n) is 8.70. The van der Waals surface area contributed by atoms with Crippen LogP contribution in [-0.4, -0.2) is 7.11 Å². The number of hydrogen-bond acceptors (Lipinski definition) is 3. The first kappa shape index (κ1) is 20.8. The fourth-order valence-corrected chi connectivity index (χ4v) is 3.77. The zero-order valence-corrected chi connectivity index (χ0v) is 18.7. The number of aryl methyl sites for hydroxylation is 1. The first-order valence-corrected chi connectivity index (χ1v) is 10.3. The van der Waals surface area contributed by atoms with E-state index in [1.807, 2.05) is 30.3 Å². The molecule has 0 radical (unpaired) electrons. The second-order valence-corrected chi connectivity index (χ2v) is 8.01. The SMILES string of the molecule is COc1ccc(Br)c(CNc2ccc(Cl)cc2Cl)c1OCc1cccc(C)c1. The second kappa shape index (κ2) is 9.55. The van der Waals surface area contributed by atoms with Crippen LogP contribution in [0.1, 0.15) is 16.7 Å². The smallest absolute Gasteiger partial charge is 0.167 e.